The van der Waals surface area contributed by atoms with Gasteiger partial charge in [0.15, 0.2) is 0 Å². The molecule has 1 heterocycles. The number of carbonyl (C=O) groups excluding carboxylic acids is 1. The molecule has 1 saturated heterocycles. The molecule has 0 aliphatic carbocycles. The van der Waals surface area contributed by atoms with Crippen molar-refractivity contribution in [1.82, 2.24) is 0 Å². The molecule has 136 valence electrons. The Morgan fingerprint density at radius 1 is 1.23 bits per heavy atom. The number of piperidine rings is 1. The van der Waals surface area contributed by atoms with E-state index in [1.54, 1.807) is 12.1 Å². The second-order valence-electron chi connectivity index (χ2n) is 6.56. The van der Waals surface area contributed by atoms with E-state index in [1.807, 2.05) is 0 Å². The number of carbonyl (C=O) groups is 1. The van der Waals surface area contributed by atoms with Crippen molar-refractivity contribution in [3.63, 3.8) is 0 Å². The lowest BCUT2D eigenvalue weighted by Crippen LogP contribution is -2.34. The first-order valence-corrected chi connectivity index (χ1v) is 8.55. The monoisotopic (exact) mass is 357 g/mol. The molecule has 0 aromatic heterocycles. The summed E-state index contributed by atoms with van der Waals surface area (Å²) in [7, 11) is 0. The number of hydrogen-bond donors (Lipinski definition) is 1. The van der Waals surface area contributed by atoms with Crippen LogP contribution in [-0.4, -0.2) is 23.9 Å². The van der Waals surface area contributed by atoms with Crippen LogP contribution >= 0.6 is 0 Å². The van der Waals surface area contributed by atoms with E-state index in [1.165, 1.54) is 30.3 Å². The van der Waals surface area contributed by atoms with E-state index in [-0.39, 0.29) is 16.9 Å². The Bertz CT molecular complexity index is 833. The molecule has 0 spiro atoms. The van der Waals surface area contributed by atoms with Crippen molar-refractivity contribution in [2.45, 2.75) is 19.8 Å². The molecule has 0 unspecified atom stereocenters. The van der Waals surface area contributed by atoms with Gasteiger partial charge in [-0.3, -0.25) is 14.9 Å². The number of nitro groups is 1. The molecule has 2 aromatic rings. The molecular weight excluding hydrogens is 337 g/mol. The summed E-state index contributed by atoms with van der Waals surface area (Å²) >= 11 is 0. The lowest BCUT2D eigenvalue weighted by Gasteiger charge is -2.33. The van der Waals surface area contributed by atoms with Gasteiger partial charge in [-0.1, -0.05) is 19.1 Å². The predicted octanol–water partition coefficient (Wildman–Crippen LogP) is 4.22. The summed E-state index contributed by atoms with van der Waals surface area (Å²) in [5.74, 6) is -0.507. The van der Waals surface area contributed by atoms with E-state index in [4.69, 9.17) is 0 Å². The van der Waals surface area contributed by atoms with E-state index in [2.05, 4.69) is 17.1 Å². The molecule has 26 heavy (non-hydrogen) atoms. The van der Waals surface area contributed by atoms with Gasteiger partial charge in [0.05, 0.1) is 21.9 Å². The minimum Gasteiger partial charge on any atom is -0.371 e. The SMILES string of the molecule is CC1CCN(c2ccc([N+](=O)[O-])cc2C(=O)Nc2ccccc2F)CC1. The lowest BCUT2D eigenvalue weighted by atomic mass is 9.98. The largest absolute Gasteiger partial charge is 0.371 e. The molecule has 6 nitrogen and oxygen atoms in total. The van der Waals surface area contributed by atoms with Crippen LogP contribution in [-0.2, 0) is 0 Å². The van der Waals surface area contributed by atoms with E-state index < -0.39 is 16.6 Å². The van der Waals surface area contributed by atoms with Crippen molar-refractivity contribution in [2.75, 3.05) is 23.3 Å². The van der Waals surface area contributed by atoms with Gasteiger partial charge in [0.1, 0.15) is 5.82 Å². The summed E-state index contributed by atoms with van der Waals surface area (Å²) in [5.41, 5.74) is 0.688. The van der Waals surface area contributed by atoms with Gasteiger partial charge in [0.25, 0.3) is 11.6 Å². The Balaban J connectivity index is 1.94. The van der Waals surface area contributed by atoms with Crippen LogP contribution in [0.15, 0.2) is 42.5 Å². The second-order valence-corrected chi connectivity index (χ2v) is 6.56. The molecule has 0 saturated carbocycles. The highest BCUT2D eigenvalue weighted by Crippen LogP contribution is 2.30. The van der Waals surface area contributed by atoms with Gasteiger partial charge in [0.2, 0.25) is 0 Å². The number of non-ortho nitro benzene ring substituents is 1. The number of rotatable bonds is 4. The molecule has 1 aliphatic heterocycles. The van der Waals surface area contributed by atoms with Crippen LogP contribution in [0.4, 0.5) is 21.5 Å². The third-order valence-electron chi connectivity index (χ3n) is 4.68. The Kier molecular flexibility index (Phi) is 5.16. The second kappa shape index (κ2) is 7.51. The van der Waals surface area contributed by atoms with Crippen LogP contribution in [0.3, 0.4) is 0 Å². The van der Waals surface area contributed by atoms with E-state index in [0.717, 1.165) is 25.9 Å². The Morgan fingerprint density at radius 3 is 2.58 bits per heavy atom. The predicted molar refractivity (Wildman–Crippen MR) is 98.1 cm³/mol. The maximum atomic E-state index is 13.8. The summed E-state index contributed by atoms with van der Waals surface area (Å²) in [6.07, 6.45) is 1.98. The number of anilines is 2. The number of halogens is 1. The van der Waals surface area contributed by atoms with Crippen LogP contribution in [0.5, 0.6) is 0 Å². The first kappa shape index (κ1) is 17.8. The number of benzene rings is 2. The number of amides is 1. The minimum atomic E-state index is -0.563. The van der Waals surface area contributed by atoms with E-state index in [0.29, 0.717) is 11.6 Å². The van der Waals surface area contributed by atoms with Crippen molar-refractivity contribution < 1.29 is 14.1 Å². The van der Waals surface area contributed by atoms with Crippen molar-refractivity contribution in [3.8, 4) is 0 Å². The minimum absolute atomic E-state index is 0.0437. The van der Waals surface area contributed by atoms with Crippen molar-refractivity contribution in [1.29, 1.82) is 0 Å². The summed E-state index contributed by atoms with van der Waals surface area (Å²) in [6.45, 7) is 3.73. The summed E-state index contributed by atoms with van der Waals surface area (Å²) in [6, 6.07) is 10.1. The van der Waals surface area contributed by atoms with Gasteiger partial charge < -0.3 is 10.2 Å². The molecule has 1 aliphatic rings. The first-order valence-electron chi connectivity index (χ1n) is 8.55. The Labute approximate surface area is 150 Å². The highest BCUT2D eigenvalue weighted by Gasteiger charge is 2.24. The third-order valence-corrected chi connectivity index (χ3v) is 4.68. The molecule has 1 fully saturated rings. The normalized spacial score (nSPS) is 14.9. The molecule has 2 aromatic carbocycles. The maximum Gasteiger partial charge on any atom is 0.270 e. The van der Waals surface area contributed by atoms with Crippen molar-refractivity contribution in [3.05, 3.63) is 64.0 Å². The third kappa shape index (κ3) is 3.82. The quantitative estimate of drug-likeness (QED) is 0.656. The average Bonchev–Trinajstić information content (AvgIpc) is 2.63. The fraction of sp³-hybridized carbons (Fsp3) is 0.316. The van der Waals surface area contributed by atoms with E-state index in [9.17, 15) is 19.3 Å². The van der Waals surface area contributed by atoms with Crippen LogP contribution in [0.1, 0.15) is 30.1 Å². The molecule has 0 radical (unpaired) electrons. The molecular formula is C19H20FN3O3. The molecule has 1 amide bonds. The maximum absolute atomic E-state index is 13.8. The highest BCUT2D eigenvalue weighted by molar-refractivity contribution is 6.08. The fourth-order valence-electron chi connectivity index (χ4n) is 3.10. The van der Waals surface area contributed by atoms with Gasteiger partial charge in [-0.25, -0.2) is 4.39 Å². The summed E-state index contributed by atoms with van der Waals surface area (Å²) in [4.78, 5) is 25.4. The number of para-hydroxylation sites is 1. The van der Waals surface area contributed by atoms with Crippen LogP contribution in [0, 0.1) is 21.8 Å². The van der Waals surface area contributed by atoms with Gasteiger partial charge in [-0.15, -0.1) is 0 Å². The van der Waals surface area contributed by atoms with Crippen LogP contribution < -0.4 is 10.2 Å². The zero-order chi connectivity index (χ0) is 18.7. The van der Waals surface area contributed by atoms with Gasteiger partial charge in [0, 0.05) is 25.2 Å². The smallest absolute Gasteiger partial charge is 0.270 e. The molecule has 3 rings (SSSR count). The molecule has 0 atom stereocenters. The van der Waals surface area contributed by atoms with Gasteiger partial charge >= 0.3 is 0 Å². The first-order chi connectivity index (χ1) is 12.5. The molecule has 1 N–H and O–H groups in total. The highest BCUT2D eigenvalue weighted by atomic mass is 19.1. The number of nitrogens with zero attached hydrogens (tertiary/aromatic N) is 2. The summed E-state index contributed by atoms with van der Waals surface area (Å²) < 4.78 is 13.8. The number of nitro benzene ring substituents is 1. The fourth-order valence-corrected chi connectivity index (χ4v) is 3.10. The number of hydrogen-bond acceptors (Lipinski definition) is 4. The average molecular weight is 357 g/mol. The summed E-state index contributed by atoms with van der Waals surface area (Å²) in [5, 5.41) is 13.6. The Morgan fingerprint density at radius 2 is 1.92 bits per heavy atom. The lowest BCUT2D eigenvalue weighted by molar-refractivity contribution is -0.384. The Hall–Kier alpha value is -2.96. The molecule has 7 heteroatoms. The van der Waals surface area contributed by atoms with Crippen molar-refractivity contribution in [2.24, 2.45) is 5.92 Å². The van der Waals surface area contributed by atoms with Crippen LogP contribution in [0.2, 0.25) is 0 Å². The van der Waals surface area contributed by atoms with E-state index >= 15 is 0 Å². The zero-order valence-electron chi connectivity index (χ0n) is 14.4. The standard InChI is InChI=1S/C19H20FN3O3/c1-13-8-10-22(11-9-13)18-7-6-14(23(25)26)12-15(18)19(24)21-17-5-3-2-4-16(17)20/h2-7,12-13H,8-11H2,1H3,(H,21,24). The zero-order valence-corrected chi connectivity index (χ0v) is 14.4. The van der Waals surface area contributed by atoms with Crippen LogP contribution in [0.25, 0.3) is 0 Å². The number of nitrogens with one attached hydrogen (secondary N) is 1. The topological polar surface area (TPSA) is 75.5 Å². The van der Waals surface area contributed by atoms with Crippen molar-refractivity contribution >= 4 is 23.0 Å². The van der Waals surface area contributed by atoms with Gasteiger partial charge in [-0.2, -0.15) is 0 Å². The van der Waals surface area contributed by atoms with Gasteiger partial charge in [-0.05, 0) is 37.0 Å². The molecule has 0 bridgehead atoms.